The van der Waals surface area contributed by atoms with Gasteiger partial charge in [-0.15, -0.1) is 5.10 Å². The average molecular weight is 317 g/mol. The molecule has 104 valence electrons. The fourth-order valence-corrected chi connectivity index (χ4v) is 3.58. The smallest absolute Gasteiger partial charge is 0.168 e. The molecule has 0 aliphatic rings. The molecule has 0 spiro atoms. The monoisotopic (exact) mass is 316 g/mol. The quantitative estimate of drug-likeness (QED) is 0.753. The summed E-state index contributed by atoms with van der Waals surface area (Å²) in [4.78, 5) is 4.63. The van der Waals surface area contributed by atoms with Crippen LogP contribution in [0.2, 0.25) is 4.34 Å². The minimum absolute atomic E-state index is 0.674. The van der Waals surface area contributed by atoms with Crippen molar-refractivity contribution in [3.05, 3.63) is 21.4 Å². The summed E-state index contributed by atoms with van der Waals surface area (Å²) in [6.07, 6.45) is 2.35. The van der Waals surface area contributed by atoms with Gasteiger partial charge in [-0.25, -0.2) is 4.98 Å². The molecule has 2 aromatic rings. The Bertz CT molecular complexity index is 550. The van der Waals surface area contributed by atoms with Crippen molar-refractivity contribution >= 4 is 34.9 Å². The van der Waals surface area contributed by atoms with Crippen LogP contribution in [0.5, 0.6) is 0 Å². The second-order valence-electron chi connectivity index (χ2n) is 4.35. The summed E-state index contributed by atoms with van der Waals surface area (Å²) in [6, 6.07) is 0. The van der Waals surface area contributed by atoms with Crippen LogP contribution in [0.1, 0.15) is 36.8 Å². The number of hydrogen-bond acceptors (Lipinski definition) is 5. The molecule has 0 aliphatic carbocycles. The van der Waals surface area contributed by atoms with Gasteiger partial charge in [0.05, 0.1) is 5.69 Å². The largest absolute Gasteiger partial charge is 0.323 e. The first-order valence-electron chi connectivity index (χ1n) is 6.26. The third kappa shape index (κ3) is 3.49. The molecule has 0 radical (unpaired) electrons. The van der Waals surface area contributed by atoms with Crippen LogP contribution in [0.15, 0.2) is 5.16 Å². The van der Waals surface area contributed by atoms with E-state index in [2.05, 4.69) is 39.9 Å². The molecule has 19 heavy (non-hydrogen) atoms. The number of aryl methyl sites for hydroxylation is 1. The molecule has 0 atom stereocenters. The highest BCUT2D eigenvalue weighted by atomic mass is 35.5. The molecule has 0 aliphatic heterocycles. The van der Waals surface area contributed by atoms with Gasteiger partial charge >= 0.3 is 0 Å². The van der Waals surface area contributed by atoms with E-state index in [9.17, 15) is 0 Å². The van der Waals surface area contributed by atoms with Gasteiger partial charge in [0.15, 0.2) is 5.16 Å². The number of thioether (sulfide) groups is 1. The maximum Gasteiger partial charge on any atom is 0.168 e. The van der Waals surface area contributed by atoms with Crippen molar-refractivity contribution in [2.45, 2.75) is 51.1 Å². The predicted octanol–water partition coefficient (Wildman–Crippen LogP) is 4.10. The molecule has 7 heteroatoms. The fourth-order valence-electron chi connectivity index (χ4n) is 1.73. The fraction of sp³-hybridized carbons (Fsp3) is 0.583. The molecule has 2 aromatic heterocycles. The summed E-state index contributed by atoms with van der Waals surface area (Å²) in [5.41, 5.74) is 3.19. The van der Waals surface area contributed by atoms with Crippen LogP contribution < -0.4 is 0 Å². The Morgan fingerprint density at radius 2 is 2.16 bits per heavy atom. The molecule has 4 nitrogen and oxygen atoms in total. The van der Waals surface area contributed by atoms with Crippen LogP contribution in [0.25, 0.3) is 0 Å². The van der Waals surface area contributed by atoms with E-state index < -0.39 is 0 Å². The van der Waals surface area contributed by atoms with E-state index in [1.54, 1.807) is 11.8 Å². The number of aromatic nitrogens is 4. The third-order valence-electron chi connectivity index (χ3n) is 3.01. The zero-order chi connectivity index (χ0) is 13.8. The topological polar surface area (TPSA) is 43.6 Å². The molecule has 0 N–H and O–H groups in total. The van der Waals surface area contributed by atoms with Crippen molar-refractivity contribution < 1.29 is 0 Å². The van der Waals surface area contributed by atoms with E-state index in [1.807, 2.05) is 0 Å². The van der Waals surface area contributed by atoms with Crippen molar-refractivity contribution in [1.29, 1.82) is 0 Å². The van der Waals surface area contributed by atoms with Crippen LogP contribution in [-0.4, -0.2) is 19.1 Å². The highest BCUT2D eigenvalue weighted by molar-refractivity contribution is 7.98. The van der Waals surface area contributed by atoms with Crippen LogP contribution in [-0.2, 0) is 12.3 Å². The lowest BCUT2D eigenvalue weighted by molar-refractivity contribution is 0.575. The van der Waals surface area contributed by atoms with Crippen LogP contribution in [0.3, 0.4) is 0 Å². The summed E-state index contributed by atoms with van der Waals surface area (Å²) in [6.45, 7) is 7.40. The Balaban J connectivity index is 2.11. The van der Waals surface area contributed by atoms with E-state index in [1.165, 1.54) is 30.1 Å². The van der Waals surface area contributed by atoms with Gasteiger partial charge < -0.3 is 4.57 Å². The van der Waals surface area contributed by atoms with Crippen LogP contribution in [0.4, 0.5) is 0 Å². The molecule has 2 heterocycles. The van der Waals surface area contributed by atoms with Gasteiger partial charge in [0, 0.05) is 29.5 Å². The van der Waals surface area contributed by atoms with Gasteiger partial charge in [0.25, 0.3) is 0 Å². The second kappa shape index (κ2) is 6.72. The molecule has 0 aromatic carbocycles. The molecule has 2 rings (SSSR count). The molecule has 0 saturated heterocycles. The summed E-state index contributed by atoms with van der Waals surface area (Å²) < 4.78 is 6.81. The maximum atomic E-state index is 6.02. The number of unbranched alkanes of at least 4 members (excludes halogenated alkanes) is 1. The Kier molecular flexibility index (Phi) is 5.24. The maximum absolute atomic E-state index is 6.02. The number of imidazole rings is 1. The molecule has 0 bridgehead atoms. The summed E-state index contributed by atoms with van der Waals surface area (Å²) >= 11 is 8.92. The van der Waals surface area contributed by atoms with E-state index >= 15 is 0 Å². The Labute approximate surface area is 126 Å². The number of hydrogen-bond donors (Lipinski definition) is 0. The Morgan fingerprint density at radius 1 is 1.37 bits per heavy atom. The molecular formula is C12H17ClN4S2. The lowest BCUT2D eigenvalue weighted by atomic mass is 10.3. The van der Waals surface area contributed by atoms with Gasteiger partial charge in [-0.05, 0) is 20.3 Å². The number of nitrogens with zero attached hydrogens (tertiary/aromatic N) is 4. The normalized spacial score (nSPS) is 11.2. The average Bonchev–Trinajstić information content (AvgIpc) is 2.91. The van der Waals surface area contributed by atoms with Crippen molar-refractivity contribution in [2.75, 3.05) is 0 Å². The minimum Gasteiger partial charge on any atom is -0.323 e. The van der Waals surface area contributed by atoms with Gasteiger partial charge in [-0.3, -0.25) is 0 Å². The van der Waals surface area contributed by atoms with Crippen molar-refractivity contribution in [2.24, 2.45) is 0 Å². The molecule has 0 amide bonds. The zero-order valence-corrected chi connectivity index (χ0v) is 13.7. The third-order valence-corrected chi connectivity index (χ3v) is 4.98. The SMILES string of the molecule is CCCCn1c(SCc2nnsc2Cl)nc(C)c1C. The number of rotatable bonds is 6. The predicted molar refractivity (Wildman–Crippen MR) is 81.1 cm³/mol. The van der Waals surface area contributed by atoms with E-state index in [0.29, 0.717) is 4.34 Å². The van der Waals surface area contributed by atoms with E-state index in [0.717, 1.165) is 28.8 Å². The highest BCUT2D eigenvalue weighted by Gasteiger charge is 2.13. The zero-order valence-electron chi connectivity index (χ0n) is 11.3. The molecular weight excluding hydrogens is 300 g/mol. The first-order valence-corrected chi connectivity index (χ1v) is 8.40. The van der Waals surface area contributed by atoms with E-state index in [4.69, 9.17) is 11.6 Å². The standard InChI is InChI=1S/C12H17ClN4S2/c1-4-5-6-17-9(3)8(2)14-12(17)18-7-10-11(13)19-16-15-10/h4-7H2,1-3H3. The van der Waals surface area contributed by atoms with Crippen molar-refractivity contribution in [3.63, 3.8) is 0 Å². The first kappa shape index (κ1) is 14.8. The Morgan fingerprint density at radius 3 is 2.79 bits per heavy atom. The summed E-state index contributed by atoms with van der Waals surface area (Å²) in [5.74, 6) is 0.720. The lowest BCUT2D eigenvalue weighted by Gasteiger charge is -2.08. The summed E-state index contributed by atoms with van der Waals surface area (Å²) in [7, 11) is 0. The van der Waals surface area contributed by atoms with Gasteiger partial charge in [0.1, 0.15) is 10.0 Å². The molecule has 0 fully saturated rings. The van der Waals surface area contributed by atoms with Gasteiger partial charge in [0.2, 0.25) is 0 Å². The van der Waals surface area contributed by atoms with Crippen LogP contribution in [0, 0.1) is 13.8 Å². The number of halogens is 1. The van der Waals surface area contributed by atoms with Crippen molar-refractivity contribution in [1.82, 2.24) is 19.1 Å². The van der Waals surface area contributed by atoms with Gasteiger partial charge in [-0.2, -0.15) is 0 Å². The highest BCUT2D eigenvalue weighted by Crippen LogP contribution is 2.28. The second-order valence-corrected chi connectivity index (χ2v) is 6.65. The molecule has 0 saturated carbocycles. The lowest BCUT2D eigenvalue weighted by Crippen LogP contribution is -2.02. The first-order chi connectivity index (χ1) is 9.13. The molecule has 0 unspecified atom stereocenters. The minimum atomic E-state index is 0.674. The van der Waals surface area contributed by atoms with Crippen LogP contribution >= 0.6 is 34.9 Å². The summed E-state index contributed by atoms with van der Waals surface area (Å²) in [5, 5.41) is 5.08. The van der Waals surface area contributed by atoms with Gasteiger partial charge in [-0.1, -0.05) is 41.2 Å². The Hall–Kier alpha value is -0.590. The van der Waals surface area contributed by atoms with E-state index in [-0.39, 0.29) is 0 Å². The van der Waals surface area contributed by atoms with Crippen molar-refractivity contribution in [3.8, 4) is 0 Å².